The van der Waals surface area contributed by atoms with Crippen LogP contribution < -0.4 is 5.63 Å². The molecule has 80 valence electrons. The van der Waals surface area contributed by atoms with Crippen molar-refractivity contribution in [3.8, 4) is 0 Å². The first-order valence-electron chi connectivity index (χ1n) is 5.09. The molecule has 0 saturated carbocycles. The molecule has 0 spiro atoms. The largest absolute Gasteiger partial charge is 0.461 e. The summed E-state index contributed by atoms with van der Waals surface area (Å²) in [6.45, 7) is 3.92. The van der Waals surface area contributed by atoms with Gasteiger partial charge in [-0.15, -0.1) is 0 Å². The number of hydrogen-bond acceptors (Lipinski definition) is 3. The second-order valence-corrected chi connectivity index (χ2v) is 3.92. The molecule has 2 aromatic heterocycles. The molecule has 3 rings (SSSR count). The second kappa shape index (κ2) is 2.98. The molecule has 1 aromatic carbocycles. The van der Waals surface area contributed by atoms with E-state index in [1.807, 2.05) is 26.0 Å². The van der Waals surface area contributed by atoms with Crippen molar-refractivity contribution in [3.05, 3.63) is 46.0 Å². The van der Waals surface area contributed by atoms with Crippen LogP contribution in [0, 0.1) is 13.8 Å². The number of benzene rings is 1. The summed E-state index contributed by atoms with van der Waals surface area (Å²) in [6.07, 6.45) is 0. The van der Waals surface area contributed by atoms with E-state index in [0.29, 0.717) is 5.58 Å². The van der Waals surface area contributed by atoms with Crippen molar-refractivity contribution < 1.29 is 8.83 Å². The van der Waals surface area contributed by atoms with Gasteiger partial charge in [0.1, 0.15) is 16.9 Å². The van der Waals surface area contributed by atoms with E-state index in [4.69, 9.17) is 8.83 Å². The smallest absolute Gasteiger partial charge is 0.336 e. The molecular weight excluding hydrogens is 204 g/mol. The van der Waals surface area contributed by atoms with Crippen LogP contribution in [0.25, 0.3) is 21.9 Å². The molecule has 0 saturated heterocycles. The predicted molar refractivity (Wildman–Crippen MR) is 61.7 cm³/mol. The molecule has 0 unspecified atom stereocenters. The van der Waals surface area contributed by atoms with Crippen LogP contribution in [0.4, 0.5) is 0 Å². The zero-order valence-electron chi connectivity index (χ0n) is 9.03. The Hall–Kier alpha value is -2.03. The third-order valence-electron chi connectivity index (χ3n) is 2.92. The fourth-order valence-corrected chi connectivity index (χ4v) is 1.90. The summed E-state index contributed by atoms with van der Waals surface area (Å²) in [4.78, 5) is 11.1. The predicted octanol–water partition coefficient (Wildman–Crippen LogP) is 3.16. The van der Waals surface area contributed by atoms with Crippen molar-refractivity contribution in [2.75, 3.05) is 0 Å². The Morgan fingerprint density at radius 2 is 1.81 bits per heavy atom. The zero-order valence-corrected chi connectivity index (χ0v) is 9.03. The topological polar surface area (TPSA) is 43.4 Å². The summed E-state index contributed by atoms with van der Waals surface area (Å²) in [5.74, 6) is 0.896. The van der Waals surface area contributed by atoms with Crippen LogP contribution in [0.5, 0.6) is 0 Å². The van der Waals surface area contributed by atoms with Gasteiger partial charge >= 0.3 is 5.63 Å². The van der Waals surface area contributed by atoms with E-state index < -0.39 is 0 Å². The summed E-state index contributed by atoms with van der Waals surface area (Å²) in [5, 5.41) is 1.88. The van der Waals surface area contributed by atoms with Gasteiger partial charge < -0.3 is 8.83 Å². The van der Waals surface area contributed by atoms with Crippen LogP contribution >= 0.6 is 0 Å². The molecule has 3 aromatic rings. The highest BCUT2D eigenvalue weighted by Crippen LogP contribution is 2.28. The third kappa shape index (κ3) is 1.18. The molecule has 0 aliphatic carbocycles. The second-order valence-electron chi connectivity index (χ2n) is 3.92. The first kappa shape index (κ1) is 9.21. The van der Waals surface area contributed by atoms with Crippen molar-refractivity contribution in [1.29, 1.82) is 0 Å². The molecule has 3 nitrogen and oxygen atoms in total. The lowest BCUT2D eigenvalue weighted by atomic mass is 10.1. The highest BCUT2D eigenvalue weighted by Gasteiger charge is 2.09. The molecule has 0 N–H and O–H groups in total. The Morgan fingerprint density at radius 3 is 2.62 bits per heavy atom. The Bertz CT molecular complexity index is 747. The summed E-state index contributed by atoms with van der Waals surface area (Å²) in [5.41, 5.74) is 2.19. The van der Waals surface area contributed by atoms with Gasteiger partial charge in [0.25, 0.3) is 0 Å². The van der Waals surface area contributed by atoms with Crippen molar-refractivity contribution in [2.24, 2.45) is 0 Å². The van der Waals surface area contributed by atoms with Gasteiger partial charge in [-0.2, -0.15) is 0 Å². The number of fused-ring (bicyclic) bond motifs is 2. The molecule has 16 heavy (non-hydrogen) atoms. The molecule has 0 aliphatic rings. The van der Waals surface area contributed by atoms with E-state index in [1.54, 1.807) is 6.07 Å². The molecule has 3 heteroatoms. The van der Waals surface area contributed by atoms with E-state index in [2.05, 4.69) is 0 Å². The van der Waals surface area contributed by atoms with Crippen LogP contribution in [0.1, 0.15) is 11.3 Å². The SMILES string of the molecule is Cc1oc2cc3ccc(=O)oc3cc2c1C. The Morgan fingerprint density at radius 1 is 1.00 bits per heavy atom. The summed E-state index contributed by atoms with van der Waals surface area (Å²) in [7, 11) is 0. The molecule has 0 amide bonds. The number of furan rings is 1. The lowest BCUT2D eigenvalue weighted by molar-refractivity contribution is 0.560. The van der Waals surface area contributed by atoms with E-state index in [1.165, 1.54) is 6.07 Å². The number of aryl methyl sites for hydroxylation is 2. The first-order valence-corrected chi connectivity index (χ1v) is 5.09. The molecule has 0 fully saturated rings. The van der Waals surface area contributed by atoms with Gasteiger partial charge in [0.15, 0.2) is 0 Å². The van der Waals surface area contributed by atoms with Crippen molar-refractivity contribution in [1.82, 2.24) is 0 Å². The van der Waals surface area contributed by atoms with Gasteiger partial charge in [-0.3, -0.25) is 0 Å². The Labute approximate surface area is 91.3 Å². The van der Waals surface area contributed by atoms with Crippen molar-refractivity contribution >= 4 is 21.9 Å². The first-order chi connectivity index (χ1) is 7.65. The van der Waals surface area contributed by atoms with E-state index in [0.717, 1.165) is 27.7 Å². The average molecular weight is 214 g/mol. The van der Waals surface area contributed by atoms with E-state index in [-0.39, 0.29) is 5.63 Å². The highest BCUT2D eigenvalue weighted by molar-refractivity contribution is 5.94. The van der Waals surface area contributed by atoms with Gasteiger partial charge in [0.2, 0.25) is 0 Å². The van der Waals surface area contributed by atoms with Crippen LogP contribution in [0.15, 0.2) is 37.9 Å². The van der Waals surface area contributed by atoms with Crippen LogP contribution in [-0.4, -0.2) is 0 Å². The summed E-state index contributed by atoms with van der Waals surface area (Å²) in [6, 6.07) is 6.91. The van der Waals surface area contributed by atoms with Crippen LogP contribution in [0.2, 0.25) is 0 Å². The molecule has 0 bridgehead atoms. The lowest BCUT2D eigenvalue weighted by Crippen LogP contribution is -1.93. The van der Waals surface area contributed by atoms with E-state index >= 15 is 0 Å². The molecule has 2 heterocycles. The Kier molecular flexibility index (Phi) is 1.72. The minimum atomic E-state index is -0.329. The maximum atomic E-state index is 11.1. The monoisotopic (exact) mass is 214 g/mol. The van der Waals surface area contributed by atoms with Crippen LogP contribution in [-0.2, 0) is 0 Å². The van der Waals surface area contributed by atoms with Gasteiger partial charge in [-0.1, -0.05) is 0 Å². The maximum Gasteiger partial charge on any atom is 0.336 e. The van der Waals surface area contributed by atoms with Gasteiger partial charge in [0.05, 0.1) is 0 Å². The third-order valence-corrected chi connectivity index (χ3v) is 2.92. The fraction of sp³-hybridized carbons (Fsp3) is 0.154. The van der Waals surface area contributed by atoms with Crippen molar-refractivity contribution in [3.63, 3.8) is 0 Å². The Balaban J connectivity index is 2.53. The number of hydrogen-bond donors (Lipinski definition) is 0. The van der Waals surface area contributed by atoms with E-state index in [9.17, 15) is 4.79 Å². The zero-order chi connectivity index (χ0) is 11.3. The van der Waals surface area contributed by atoms with Crippen LogP contribution in [0.3, 0.4) is 0 Å². The van der Waals surface area contributed by atoms with Gasteiger partial charge in [-0.05, 0) is 37.6 Å². The fourth-order valence-electron chi connectivity index (χ4n) is 1.90. The van der Waals surface area contributed by atoms with Crippen molar-refractivity contribution in [2.45, 2.75) is 13.8 Å². The molecule has 0 radical (unpaired) electrons. The normalized spacial score (nSPS) is 11.4. The summed E-state index contributed by atoms with van der Waals surface area (Å²) >= 11 is 0. The standard InChI is InChI=1S/C13H10O3/c1-7-8(2)15-12-5-9-3-4-13(14)16-11(9)6-10(7)12/h3-6H,1-2H3. The minimum absolute atomic E-state index is 0.329. The molecule has 0 aliphatic heterocycles. The highest BCUT2D eigenvalue weighted by atomic mass is 16.4. The molecular formula is C13H10O3. The quantitative estimate of drug-likeness (QED) is 0.540. The molecule has 0 atom stereocenters. The van der Waals surface area contributed by atoms with Gasteiger partial charge in [0, 0.05) is 16.8 Å². The number of rotatable bonds is 0. The summed E-state index contributed by atoms with van der Waals surface area (Å²) < 4.78 is 10.8. The minimum Gasteiger partial charge on any atom is -0.461 e. The lowest BCUT2D eigenvalue weighted by Gasteiger charge is -1.95. The van der Waals surface area contributed by atoms with Gasteiger partial charge in [-0.25, -0.2) is 4.79 Å². The maximum absolute atomic E-state index is 11.1. The average Bonchev–Trinajstić information content (AvgIpc) is 2.52.